The fraction of sp³-hybridized carbons (Fsp3) is 0.347. The molecule has 280 valence electrons. The molecule has 2 aliphatic carbocycles. The molecule has 1 aromatic heterocycles. The average Bonchev–Trinajstić information content (AvgIpc) is 3.82. The van der Waals surface area contributed by atoms with E-state index < -0.39 is 20.4 Å². The minimum atomic E-state index is -5.17. The van der Waals surface area contributed by atoms with E-state index in [1.54, 1.807) is 0 Å². The summed E-state index contributed by atoms with van der Waals surface area (Å²) in [6.07, 6.45) is 8.15. The molecule has 0 bridgehead atoms. The number of halogens is 2. The van der Waals surface area contributed by atoms with Gasteiger partial charge in [0.05, 0.1) is 0 Å². The average molecular weight is 851 g/mol. The first-order valence-electron chi connectivity index (χ1n) is 19.8. The van der Waals surface area contributed by atoms with Crippen LogP contribution in [0.4, 0.5) is 0 Å². The molecule has 0 amide bonds. The summed E-state index contributed by atoms with van der Waals surface area (Å²) in [7, 11) is 17.8. The number of unbranched alkanes of at least 4 members (excludes halogenated alkanes) is 1. The monoisotopic (exact) mass is 848 g/mol. The van der Waals surface area contributed by atoms with E-state index in [1.165, 1.54) is 77.9 Å². The molecule has 2 atom stereocenters. The summed E-state index contributed by atoms with van der Waals surface area (Å²) >= 11 is -5.17. The molecule has 1 heterocycles. The molecular formula is C49H56Cl2OSiZr. The van der Waals surface area contributed by atoms with Crippen LogP contribution in [0, 0.1) is 34.6 Å². The minimum absolute atomic E-state index is 0.00306. The van der Waals surface area contributed by atoms with E-state index >= 15 is 0 Å². The molecule has 1 nitrogen and oxygen atoms in total. The van der Waals surface area contributed by atoms with E-state index in [-0.39, 0.29) is 12.7 Å². The first-order chi connectivity index (χ1) is 25.4. The predicted octanol–water partition coefficient (Wildman–Crippen LogP) is 15.6. The van der Waals surface area contributed by atoms with Crippen LogP contribution in [0.1, 0.15) is 116 Å². The molecule has 0 spiro atoms. The van der Waals surface area contributed by atoms with Gasteiger partial charge in [-0.05, 0) is 0 Å². The van der Waals surface area contributed by atoms with Crippen molar-refractivity contribution in [2.75, 3.05) is 0 Å². The number of aryl methyl sites for hydroxylation is 5. The van der Waals surface area contributed by atoms with E-state index in [2.05, 4.69) is 159 Å². The molecule has 5 aromatic rings. The van der Waals surface area contributed by atoms with E-state index in [9.17, 15) is 0 Å². The summed E-state index contributed by atoms with van der Waals surface area (Å²) in [4.78, 5) is 0. The van der Waals surface area contributed by atoms with Gasteiger partial charge in [-0.25, -0.2) is 0 Å². The Bertz CT molecular complexity index is 2420. The third kappa shape index (κ3) is 6.58. The fourth-order valence-corrected chi connectivity index (χ4v) is 37.9. The summed E-state index contributed by atoms with van der Waals surface area (Å²) < 4.78 is 6.43. The Labute approximate surface area is 332 Å². The summed E-state index contributed by atoms with van der Waals surface area (Å²) in [5.74, 6) is 1.79. The SMILES string of the molecule is CCCCC1=Cc2c(ccc(C)c2-c2cc(C)cc(C)c2)[CH]1[Zr]([Cl])([Cl])([CH]1C(c2ccc(C)o2)=Cc2c1ccc(C)c2-c1ccc(C(C)(C)C)cc1)=[Si](C)C. The van der Waals surface area contributed by atoms with Gasteiger partial charge in [0.1, 0.15) is 0 Å². The van der Waals surface area contributed by atoms with E-state index in [1.807, 2.05) is 6.92 Å². The molecule has 0 fully saturated rings. The second kappa shape index (κ2) is 14.4. The van der Waals surface area contributed by atoms with Crippen molar-refractivity contribution < 1.29 is 19.4 Å². The summed E-state index contributed by atoms with van der Waals surface area (Å²) in [5.41, 5.74) is 18.1. The molecule has 7 rings (SSSR count). The molecule has 0 saturated carbocycles. The zero-order valence-corrected chi connectivity index (χ0v) is 39.1. The van der Waals surface area contributed by atoms with Gasteiger partial charge in [-0.1, -0.05) is 0 Å². The first-order valence-corrected chi connectivity index (χ1v) is 35.1. The fourth-order valence-electron chi connectivity index (χ4n) is 9.54. The van der Waals surface area contributed by atoms with Crippen LogP contribution in [0.25, 0.3) is 40.0 Å². The standard InChI is InChI=1S/C25H25O.C22H25.C2H6Si.2ClH.Zr/c1-16-6-8-19-14-20(23-13-7-17(2)26-23)15-22(19)24(16)18-9-11-21(12-10-18)25(3,4)5;1-5-6-7-18-13-19-9-8-17(4)22(21(19)14-18)20-11-15(2)10-16(3)12-20;1-3-2;;;/h6-15H,1-5H3;8-14H,5-7H2,1-4H3;1-2H3;2*1H;/q;;;;;+2/p-2. The van der Waals surface area contributed by atoms with Crippen LogP contribution in [0.5, 0.6) is 0 Å². The van der Waals surface area contributed by atoms with Crippen LogP contribution in [0.3, 0.4) is 0 Å². The number of furan rings is 1. The maximum atomic E-state index is 8.92. The molecule has 2 aliphatic rings. The predicted molar refractivity (Wildman–Crippen MR) is 235 cm³/mol. The van der Waals surface area contributed by atoms with Gasteiger partial charge in [-0.3, -0.25) is 0 Å². The van der Waals surface area contributed by atoms with E-state index in [0.717, 1.165) is 36.4 Å². The van der Waals surface area contributed by atoms with Crippen LogP contribution in [-0.2, 0) is 20.4 Å². The number of benzene rings is 4. The second-order valence-corrected chi connectivity index (χ2v) is 56.4. The van der Waals surface area contributed by atoms with Crippen LogP contribution >= 0.6 is 17.0 Å². The Morgan fingerprint density at radius 2 is 1.26 bits per heavy atom. The van der Waals surface area contributed by atoms with Crippen LogP contribution in [-0.4, -0.2) is 5.43 Å². The van der Waals surface area contributed by atoms with Crippen molar-refractivity contribution in [2.24, 2.45) is 0 Å². The van der Waals surface area contributed by atoms with E-state index in [4.69, 9.17) is 21.4 Å². The van der Waals surface area contributed by atoms with Crippen molar-refractivity contribution in [3.8, 4) is 22.3 Å². The van der Waals surface area contributed by atoms with Crippen LogP contribution in [0.15, 0.2) is 88.9 Å². The van der Waals surface area contributed by atoms with Crippen molar-refractivity contribution in [2.45, 2.75) is 107 Å². The Kier molecular flexibility index (Phi) is 10.5. The third-order valence-electron chi connectivity index (χ3n) is 12.3. The van der Waals surface area contributed by atoms with Gasteiger partial charge in [-0.15, -0.1) is 0 Å². The van der Waals surface area contributed by atoms with Gasteiger partial charge in [-0.2, -0.15) is 0 Å². The maximum absolute atomic E-state index is 8.92. The van der Waals surface area contributed by atoms with Gasteiger partial charge < -0.3 is 0 Å². The van der Waals surface area contributed by atoms with Crippen molar-refractivity contribution in [3.05, 3.63) is 146 Å². The zero-order valence-electron chi connectivity index (χ0n) is 34.1. The molecule has 0 N–H and O–H groups in total. The van der Waals surface area contributed by atoms with Crippen molar-refractivity contribution in [3.63, 3.8) is 0 Å². The molecule has 54 heavy (non-hydrogen) atoms. The van der Waals surface area contributed by atoms with Gasteiger partial charge in [0, 0.05) is 0 Å². The van der Waals surface area contributed by atoms with Crippen LogP contribution in [0.2, 0.25) is 13.1 Å². The Balaban J connectivity index is 1.52. The molecule has 5 heteroatoms. The van der Waals surface area contributed by atoms with Crippen molar-refractivity contribution >= 4 is 40.2 Å². The Morgan fingerprint density at radius 1 is 0.685 bits per heavy atom. The molecular weight excluding hydrogens is 795 g/mol. The zero-order chi connectivity index (χ0) is 38.9. The van der Waals surface area contributed by atoms with Crippen molar-refractivity contribution in [1.29, 1.82) is 0 Å². The van der Waals surface area contributed by atoms with Crippen LogP contribution < -0.4 is 0 Å². The van der Waals surface area contributed by atoms with Crippen molar-refractivity contribution in [1.82, 2.24) is 0 Å². The first kappa shape index (κ1) is 39.6. The molecule has 0 saturated heterocycles. The van der Waals surface area contributed by atoms with Gasteiger partial charge >= 0.3 is 335 Å². The Morgan fingerprint density at radius 3 is 1.80 bits per heavy atom. The van der Waals surface area contributed by atoms with Gasteiger partial charge in [0.25, 0.3) is 0 Å². The van der Waals surface area contributed by atoms with Gasteiger partial charge in [0.15, 0.2) is 0 Å². The second-order valence-electron chi connectivity index (χ2n) is 17.6. The third-order valence-corrected chi connectivity index (χ3v) is 58.7. The van der Waals surface area contributed by atoms with Gasteiger partial charge in [0.2, 0.25) is 0 Å². The Hall–Kier alpha value is -2.68. The normalized spacial score (nSPS) is 17.0. The number of rotatable bonds is 8. The summed E-state index contributed by atoms with van der Waals surface area (Å²) in [6, 6.07) is 29.7. The molecule has 0 aliphatic heterocycles. The quantitative estimate of drug-likeness (QED) is 0.142. The number of hydrogen-bond donors (Lipinski definition) is 0. The molecule has 0 radical (unpaired) electrons. The number of fused-ring (bicyclic) bond motifs is 2. The number of allylic oxidation sites excluding steroid dienone is 2. The summed E-state index contributed by atoms with van der Waals surface area (Å²) in [6.45, 7) is 24.9. The topological polar surface area (TPSA) is 13.1 Å². The molecule has 4 aromatic carbocycles. The summed E-state index contributed by atoms with van der Waals surface area (Å²) in [5, 5.41) is 0. The molecule has 2 unspecified atom stereocenters. The number of hydrogen-bond acceptors (Lipinski definition) is 1. The van der Waals surface area contributed by atoms with E-state index in [0.29, 0.717) is 0 Å².